The highest BCUT2D eigenvalue weighted by Gasteiger charge is 2.34. The van der Waals surface area contributed by atoms with Crippen LogP contribution in [-0.2, 0) is 20.7 Å². The van der Waals surface area contributed by atoms with Crippen molar-refractivity contribution in [3.8, 4) is 0 Å². The normalized spacial score (nSPS) is 12.3. The Morgan fingerprint density at radius 1 is 1.00 bits per heavy atom. The predicted molar refractivity (Wildman–Crippen MR) is 121 cm³/mol. The van der Waals surface area contributed by atoms with Gasteiger partial charge in [0, 0.05) is 25.4 Å². The molecule has 1 atom stereocenters. The van der Waals surface area contributed by atoms with E-state index >= 15 is 0 Å². The van der Waals surface area contributed by atoms with Gasteiger partial charge >= 0.3 is 12.1 Å². The molecule has 32 heavy (non-hydrogen) atoms. The van der Waals surface area contributed by atoms with Crippen LogP contribution >= 0.6 is 0 Å². The van der Waals surface area contributed by atoms with Crippen LogP contribution in [0.15, 0.2) is 73.2 Å². The first-order valence-corrected chi connectivity index (χ1v) is 10.5. The summed E-state index contributed by atoms with van der Waals surface area (Å²) in [4.78, 5) is 34.4. The topological polar surface area (TPSA) is 84.5 Å². The molecule has 0 saturated heterocycles. The van der Waals surface area contributed by atoms with Gasteiger partial charge in [-0.2, -0.15) is 0 Å². The molecule has 2 aromatic carbocycles. The molecule has 0 unspecified atom stereocenters. The largest absolute Gasteiger partial charge is 0.451 e. The zero-order chi connectivity index (χ0) is 23.1. The highest BCUT2D eigenvalue weighted by molar-refractivity contribution is 5.82. The fourth-order valence-electron chi connectivity index (χ4n) is 3.22. The molecule has 0 radical (unpaired) electrons. The SMILES string of the molecule is CN(C(=O)OC(C)(C)C)[C@@H](Cc1cnc[nH]1)C(=O)OC(c1ccccc1)c1ccccc1. The minimum Gasteiger partial charge on any atom is -0.451 e. The number of benzene rings is 2. The number of likely N-dealkylation sites (N-methyl/N-ethyl adjacent to an activating group) is 1. The number of nitrogens with one attached hydrogen (secondary N) is 1. The highest BCUT2D eigenvalue weighted by atomic mass is 16.6. The van der Waals surface area contributed by atoms with Gasteiger partial charge in [-0.1, -0.05) is 60.7 Å². The zero-order valence-corrected chi connectivity index (χ0v) is 18.8. The lowest BCUT2D eigenvalue weighted by atomic mass is 10.0. The Hall–Kier alpha value is -3.61. The molecule has 1 amide bonds. The quantitative estimate of drug-likeness (QED) is 0.552. The fourth-order valence-corrected chi connectivity index (χ4v) is 3.22. The Morgan fingerprint density at radius 3 is 2.03 bits per heavy atom. The lowest BCUT2D eigenvalue weighted by molar-refractivity contribution is -0.153. The summed E-state index contributed by atoms with van der Waals surface area (Å²) in [6.45, 7) is 5.34. The number of H-pyrrole nitrogens is 1. The third-order valence-corrected chi connectivity index (χ3v) is 4.83. The molecule has 7 nitrogen and oxygen atoms in total. The molecule has 1 heterocycles. The van der Waals surface area contributed by atoms with Gasteiger partial charge in [0.1, 0.15) is 11.6 Å². The van der Waals surface area contributed by atoms with Crippen LogP contribution in [0.2, 0.25) is 0 Å². The number of nitrogens with zero attached hydrogens (tertiary/aromatic N) is 2. The number of hydrogen-bond donors (Lipinski definition) is 1. The summed E-state index contributed by atoms with van der Waals surface area (Å²) in [5, 5.41) is 0. The fraction of sp³-hybridized carbons (Fsp3) is 0.320. The van der Waals surface area contributed by atoms with Crippen LogP contribution in [0.3, 0.4) is 0 Å². The number of hydrogen-bond acceptors (Lipinski definition) is 5. The Labute approximate surface area is 188 Å². The molecule has 0 fully saturated rings. The second kappa shape index (κ2) is 10.1. The summed E-state index contributed by atoms with van der Waals surface area (Å²) < 4.78 is 11.5. The minimum atomic E-state index is -0.903. The molecule has 0 aliphatic rings. The molecule has 168 valence electrons. The summed E-state index contributed by atoms with van der Waals surface area (Å²) in [7, 11) is 1.54. The van der Waals surface area contributed by atoms with Crippen molar-refractivity contribution in [2.75, 3.05) is 7.05 Å². The first-order chi connectivity index (χ1) is 15.2. The van der Waals surface area contributed by atoms with Crippen molar-refractivity contribution in [2.45, 2.75) is 44.9 Å². The van der Waals surface area contributed by atoms with Crippen LogP contribution in [-0.4, -0.2) is 45.6 Å². The van der Waals surface area contributed by atoms with Crippen LogP contribution < -0.4 is 0 Å². The van der Waals surface area contributed by atoms with Gasteiger partial charge in [-0.15, -0.1) is 0 Å². The molecule has 0 aliphatic heterocycles. The van der Waals surface area contributed by atoms with Gasteiger partial charge in [-0.3, -0.25) is 4.90 Å². The van der Waals surface area contributed by atoms with Crippen molar-refractivity contribution in [1.82, 2.24) is 14.9 Å². The summed E-state index contributed by atoms with van der Waals surface area (Å²) in [6.07, 6.45) is 2.15. The Kier molecular flexibility index (Phi) is 7.30. The lowest BCUT2D eigenvalue weighted by Gasteiger charge is -2.30. The number of esters is 1. The number of carbonyl (C=O) groups excluding carboxylic acids is 2. The average Bonchev–Trinajstić information content (AvgIpc) is 3.28. The number of amides is 1. The second-order valence-electron chi connectivity index (χ2n) is 8.53. The third-order valence-electron chi connectivity index (χ3n) is 4.83. The van der Waals surface area contributed by atoms with Crippen molar-refractivity contribution in [1.29, 1.82) is 0 Å². The van der Waals surface area contributed by atoms with E-state index in [0.29, 0.717) is 5.69 Å². The molecule has 0 saturated carbocycles. The predicted octanol–water partition coefficient (Wildman–Crippen LogP) is 4.52. The van der Waals surface area contributed by atoms with E-state index in [0.717, 1.165) is 11.1 Å². The number of carbonyl (C=O) groups is 2. The number of imidazole rings is 1. The van der Waals surface area contributed by atoms with E-state index in [4.69, 9.17) is 9.47 Å². The van der Waals surface area contributed by atoms with Crippen molar-refractivity contribution >= 4 is 12.1 Å². The molecule has 0 aliphatic carbocycles. The van der Waals surface area contributed by atoms with Gasteiger partial charge in [0.05, 0.1) is 6.33 Å². The monoisotopic (exact) mass is 435 g/mol. The molecule has 7 heteroatoms. The number of aromatic amines is 1. The first-order valence-electron chi connectivity index (χ1n) is 10.5. The van der Waals surface area contributed by atoms with E-state index in [9.17, 15) is 9.59 Å². The van der Waals surface area contributed by atoms with Gasteiger partial charge in [0.15, 0.2) is 6.10 Å². The maximum absolute atomic E-state index is 13.4. The summed E-state index contributed by atoms with van der Waals surface area (Å²) >= 11 is 0. The maximum atomic E-state index is 13.4. The molecular formula is C25H29N3O4. The van der Waals surface area contributed by atoms with Crippen LogP contribution in [0.5, 0.6) is 0 Å². The maximum Gasteiger partial charge on any atom is 0.410 e. The van der Waals surface area contributed by atoms with E-state index in [1.165, 1.54) is 18.3 Å². The summed E-state index contributed by atoms with van der Waals surface area (Å²) in [5.74, 6) is -0.536. The van der Waals surface area contributed by atoms with Gasteiger partial charge in [0.25, 0.3) is 0 Å². The van der Waals surface area contributed by atoms with Crippen LogP contribution in [0.4, 0.5) is 4.79 Å². The second-order valence-corrected chi connectivity index (χ2v) is 8.53. The molecule has 3 rings (SSSR count). The van der Waals surface area contributed by atoms with E-state index in [2.05, 4.69) is 9.97 Å². The van der Waals surface area contributed by atoms with Gasteiger partial charge < -0.3 is 14.5 Å². The van der Waals surface area contributed by atoms with E-state index in [-0.39, 0.29) is 6.42 Å². The number of rotatable bonds is 7. The zero-order valence-electron chi connectivity index (χ0n) is 18.8. The molecule has 3 aromatic rings. The standard InChI is InChI=1S/C25H29N3O4/c1-25(2,3)32-24(30)28(4)21(15-20-16-26-17-27-20)23(29)31-22(18-11-7-5-8-12-18)19-13-9-6-10-14-19/h5-14,16-17,21-22H,15H2,1-4H3,(H,26,27)/t21-/m0/s1. The van der Waals surface area contributed by atoms with Crippen LogP contribution in [0.25, 0.3) is 0 Å². The van der Waals surface area contributed by atoms with Crippen LogP contribution in [0.1, 0.15) is 43.7 Å². The van der Waals surface area contributed by atoms with Gasteiger partial charge in [-0.05, 0) is 31.9 Å². The Bertz CT molecular complexity index is 959. The van der Waals surface area contributed by atoms with Gasteiger partial charge in [0.2, 0.25) is 0 Å². The summed E-state index contributed by atoms with van der Waals surface area (Å²) in [5.41, 5.74) is 1.70. The molecule has 1 aromatic heterocycles. The number of aromatic nitrogens is 2. The third kappa shape index (κ3) is 6.20. The molecule has 0 spiro atoms. The molecular weight excluding hydrogens is 406 g/mol. The van der Waals surface area contributed by atoms with Crippen molar-refractivity contribution < 1.29 is 19.1 Å². The minimum absolute atomic E-state index is 0.213. The van der Waals surface area contributed by atoms with E-state index in [1.54, 1.807) is 27.0 Å². The van der Waals surface area contributed by atoms with E-state index < -0.39 is 29.8 Å². The van der Waals surface area contributed by atoms with Crippen molar-refractivity contribution in [3.63, 3.8) is 0 Å². The molecule has 0 bridgehead atoms. The summed E-state index contributed by atoms with van der Waals surface area (Å²) in [6, 6.07) is 18.1. The Balaban J connectivity index is 1.89. The molecule has 1 N–H and O–H groups in total. The van der Waals surface area contributed by atoms with Crippen LogP contribution in [0, 0.1) is 0 Å². The lowest BCUT2D eigenvalue weighted by Crippen LogP contribution is -2.47. The van der Waals surface area contributed by atoms with Crippen molar-refractivity contribution in [3.05, 3.63) is 90.0 Å². The van der Waals surface area contributed by atoms with Gasteiger partial charge in [-0.25, -0.2) is 14.6 Å². The van der Waals surface area contributed by atoms with Crippen molar-refractivity contribution in [2.24, 2.45) is 0 Å². The average molecular weight is 436 g/mol. The number of ether oxygens (including phenoxy) is 2. The van der Waals surface area contributed by atoms with E-state index in [1.807, 2.05) is 60.7 Å². The Morgan fingerprint density at radius 2 is 1.56 bits per heavy atom. The highest BCUT2D eigenvalue weighted by Crippen LogP contribution is 2.27. The first kappa shape index (κ1) is 23.1. The smallest absolute Gasteiger partial charge is 0.410 e.